The average molecular weight is 218 g/mol. The molecule has 0 aliphatic heterocycles. The van der Waals surface area contributed by atoms with Crippen LogP contribution < -0.4 is 0 Å². The lowest BCUT2D eigenvalue weighted by molar-refractivity contribution is -0.127. The van der Waals surface area contributed by atoms with Gasteiger partial charge in [-0.25, -0.2) is 0 Å². The van der Waals surface area contributed by atoms with E-state index in [-0.39, 0.29) is 0 Å². The molecule has 0 heterocycles. The predicted molar refractivity (Wildman–Crippen MR) is 62.6 cm³/mol. The molecule has 1 nitrogen and oxygen atoms in total. The third kappa shape index (κ3) is 3.21. The van der Waals surface area contributed by atoms with Crippen molar-refractivity contribution in [3.63, 3.8) is 0 Å². The van der Waals surface area contributed by atoms with E-state index in [1.165, 1.54) is 6.42 Å². The van der Waals surface area contributed by atoms with Crippen LogP contribution in [0.25, 0.3) is 0 Å². The lowest BCUT2D eigenvalue weighted by Crippen LogP contribution is -2.31. The van der Waals surface area contributed by atoms with Crippen molar-refractivity contribution in [2.75, 3.05) is 24.0 Å². The topological polar surface area (TPSA) is 17.1 Å². The van der Waals surface area contributed by atoms with Gasteiger partial charge in [0.25, 0.3) is 0 Å². The van der Waals surface area contributed by atoms with Crippen molar-refractivity contribution in [1.29, 1.82) is 0 Å². The van der Waals surface area contributed by atoms with Crippen molar-refractivity contribution in [3.05, 3.63) is 0 Å². The second-order valence-electron chi connectivity index (χ2n) is 3.64. The lowest BCUT2D eigenvalue weighted by Gasteiger charge is -2.26. The number of ketones is 1. The Kier molecular flexibility index (Phi) is 5.25. The van der Waals surface area contributed by atoms with Gasteiger partial charge in [0.2, 0.25) is 0 Å². The zero-order chi connectivity index (χ0) is 9.68. The zero-order valence-corrected chi connectivity index (χ0v) is 10.0. The van der Waals surface area contributed by atoms with Crippen molar-refractivity contribution in [1.82, 2.24) is 0 Å². The highest BCUT2D eigenvalue weighted by molar-refractivity contribution is 7.98. The quantitative estimate of drug-likeness (QED) is 0.722. The number of hydrogen-bond acceptors (Lipinski definition) is 3. The molecule has 76 valence electrons. The molecule has 3 heteroatoms. The molecular formula is C10H18OS2. The van der Waals surface area contributed by atoms with E-state index in [1.807, 2.05) is 0 Å². The molecule has 0 bridgehead atoms. The van der Waals surface area contributed by atoms with Gasteiger partial charge in [-0.3, -0.25) is 4.79 Å². The molecule has 0 aromatic carbocycles. The Morgan fingerprint density at radius 2 is 1.62 bits per heavy atom. The van der Waals surface area contributed by atoms with Gasteiger partial charge < -0.3 is 0 Å². The fourth-order valence-electron chi connectivity index (χ4n) is 1.96. The van der Waals surface area contributed by atoms with E-state index in [9.17, 15) is 4.79 Å². The fraction of sp³-hybridized carbons (Fsp3) is 0.900. The van der Waals surface area contributed by atoms with Crippen LogP contribution in [-0.4, -0.2) is 29.8 Å². The van der Waals surface area contributed by atoms with Crippen molar-refractivity contribution in [2.45, 2.75) is 19.3 Å². The number of rotatable bonds is 4. The fourth-order valence-corrected chi connectivity index (χ4v) is 3.43. The van der Waals surface area contributed by atoms with Gasteiger partial charge in [-0.15, -0.1) is 0 Å². The number of thioether (sulfide) groups is 2. The molecule has 0 saturated heterocycles. The minimum Gasteiger partial charge on any atom is -0.299 e. The van der Waals surface area contributed by atoms with E-state index < -0.39 is 0 Å². The Labute approximate surface area is 89.4 Å². The van der Waals surface area contributed by atoms with Crippen molar-refractivity contribution >= 4 is 29.3 Å². The molecule has 0 amide bonds. The highest BCUT2D eigenvalue weighted by Crippen LogP contribution is 2.29. The summed E-state index contributed by atoms with van der Waals surface area (Å²) in [6.45, 7) is 0. The number of hydrogen-bond donors (Lipinski definition) is 0. The van der Waals surface area contributed by atoms with Crippen LogP contribution in [0.1, 0.15) is 19.3 Å². The third-order valence-electron chi connectivity index (χ3n) is 2.65. The molecule has 0 aromatic heterocycles. The molecule has 1 rings (SSSR count). The van der Waals surface area contributed by atoms with Gasteiger partial charge in [0, 0.05) is 23.3 Å². The Morgan fingerprint density at radius 1 is 1.15 bits per heavy atom. The summed E-state index contributed by atoms with van der Waals surface area (Å²) >= 11 is 3.61. The molecule has 13 heavy (non-hydrogen) atoms. The summed E-state index contributed by atoms with van der Waals surface area (Å²) in [5.74, 6) is 3.32. The standard InChI is InChI=1S/C10H18OS2/c1-12-6-8-4-3-5-9(7-13-2)10(8)11/h8-9H,3-7H2,1-2H3. The molecule has 2 unspecified atom stereocenters. The molecule has 0 aromatic rings. The first-order chi connectivity index (χ1) is 6.29. The van der Waals surface area contributed by atoms with Crippen LogP contribution in [0.15, 0.2) is 0 Å². The Bertz CT molecular complexity index is 150. The summed E-state index contributed by atoms with van der Waals surface area (Å²) in [7, 11) is 0. The van der Waals surface area contributed by atoms with Crippen molar-refractivity contribution in [3.8, 4) is 0 Å². The minimum absolute atomic E-state index is 0.362. The Morgan fingerprint density at radius 3 is 2.00 bits per heavy atom. The molecule has 1 aliphatic carbocycles. The summed E-state index contributed by atoms with van der Waals surface area (Å²) < 4.78 is 0. The van der Waals surface area contributed by atoms with Crippen LogP contribution in [0.5, 0.6) is 0 Å². The number of Topliss-reactive ketones (excluding diaryl/α,β-unsaturated/α-hetero) is 1. The largest absolute Gasteiger partial charge is 0.299 e. The van der Waals surface area contributed by atoms with E-state index in [4.69, 9.17) is 0 Å². The summed E-state index contributed by atoms with van der Waals surface area (Å²) in [5, 5.41) is 0. The summed E-state index contributed by atoms with van der Waals surface area (Å²) in [6, 6.07) is 0. The lowest BCUT2D eigenvalue weighted by atomic mass is 9.82. The first kappa shape index (κ1) is 11.4. The van der Waals surface area contributed by atoms with Gasteiger partial charge in [-0.1, -0.05) is 6.42 Å². The minimum atomic E-state index is 0.362. The van der Waals surface area contributed by atoms with E-state index >= 15 is 0 Å². The molecule has 0 spiro atoms. The smallest absolute Gasteiger partial charge is 0.140 e. The molecule has 0 N–H and O–H groups in total. The Hall–Kier alpha value is 0.370. The third-order valence-corrected chi connectivity index (χ3v) is 4.12. The monoisotopic (exact) mass is 218 g/mol. The SMILES string of the molecule is CSCC1CCCC(CSC)C1=O. The summed E-state index contributed by atoms with van der Waals surface area (Å²) in [5.41, 5.74) is 0. The number of carbonyl (C=O) groups is 1. The molecule has 1 aliphatic rings. The van der Waals surface area contributed by atoms with Gasteiger partial charge >= 0.3 is 0 Å². The van der Waals surface area contributed by atoms with Gasteiger partial charge in [-0.2, -0.15) is 23.5 Å². The van der Waals surface area contributed by atoms with Crippen LogP contribution in [0.3, 0.4) is 0 Å². The number of carbonyl (C=O) groups excluding carboxylic acids is 1. The van der Waals surface area contributed by atoms with Crippen LogP contribution in [-0.2, 0) is 4.79 Å². The van der Waals surface area contributed by atoms with Crippen molar-refractivity contribution < 1.29 is 4.79 Å². The predicted octanol–water partition coefficient (Wildman–Crippen LogP) is 2.70. The van der Waals surface area contributed by atoms with Gasteiger partial charge in [0.05, 0.1) is 0 Å². The summed E-state index contributed by atoms with van der Waals surface area (Å²) in [4.78, 5) is 11.9. The second kappa shape index (κ2) is 5.97. The van der Waals surface area contributed by atoms with Crippen LogP contribution in [0.2, 0.25) is 0 Å². The van der Waals surface area contributed by atoms with E-state index in [0.717, 1.165) is 24.3 Å². The highest BCUT2D eigenvalue weighted by Gasteiger charge is 2.29. The van der Waals surface area contributed by atoms with Gasteiger partial charge in [-0.05, 0) is 25.4 Å². The average Bonchev–Trinajstić information content (AvgIpc) is 2.13. The van der Waals surface area contributed by atoms with Gasteiger partial charge in [0.15, 0.2) is 0 Å². The molecule has 2 atom stereocenters. The maximum atomic E-state index is 11.9. The second-order valence-corrected chi connectivity index (χ2v) is 5.46. The first-order valence-electron chi connectivity index (χ1n) is 4.81. The molecule has 0 radical (unpaired) electrons. The van der Waals surface area contributed by atoms with E-state index in [1.54, 1.807) is 23.5 Å². The normalized spacial score (nSPS) is 29.2. The summed E-state index contributed by atoms with van der Waals surface area (Å²) in [6.07, 6.45) is 7.69. The molecule has 1 saturated carbocycles. The molecule has 1 fully saturated rings. The van der Waals surface area contributed by atoms with Crippen LogP contribution >= 0.6 is 23.5 Å². The maximum absolute atomic E-state index is 11.9. The maximum Gasteiger partial charge on any atom is 0.140 e. The molecular weight excluding hydrogens is 200 g/mol. The highest BCUT2D eigenvalue weighted by atomic mass is 32.2. The van der Waals surface area contributed by atoms with Crippen molar-refractivity contribution in [2.24, 2.45) is 11.8 Å². The van der Waals surface area contributed by atoms with E-state index in [2.05, 4.69) is 12.5 Å². The zero-order valence-electron chi connectivity index (χ0n) is 8.41. The first-order valence-corrected chi connectivity index (χ1v) is 7.60. The van der Waals surface area contributed by atoms with Gasteiger partial charge in [0.1, 0.15) is 5.78 Å². The van der Waals surface area contributed by atoms with E-state index in [0.29, 0.717) is 17.6 Å². The van der Waals surface area contributed by atoms with Crippen LogP contribution in [0.4, 0.5) is 0 Å². The van der Waals surface area contributed by atoms with Crippen LogP contribution in [0, 0.1) is 11.8 Å². The Balaban J connectivity index is 2.45.